The molecule has 0 radical (unpaired) electrons. The molecule has 7 nitrogen and oxygen atoms in total. The number of rotatable bonds is 6. The van der Waals surface area contributed by atoms with Crippen molar-refractivity contribution in [1.82, 2.24) is 10.0 Å². The molecule has 1 saturated heterocycles. The van der Waals surface area contributed by atoms with E-state index in [1.54, 1.807) is 19.2 Å². The molecule has 1 heterocycles. The molecule has 0 aromatic heterocycles. The molecule has 1 aliphatic rings. The van der Waals surface area contributed by atoms with Crippen molar-refractivity contribution in [3.63, 3.8) is 0 Å². The standard InChI is InChI=1S/C17H21N3O4S/c1-24-17-5-3-2-4-14(17)12-18-11-13-6-7-16(21)15(10-13)20-9-8-19-25(20,22)23/h2-7,10,18-19,21H,8-9,11-12H2,1H3. The molecule has 0 aliphatic carbocycles. The van der Waals surface area contributed by atoms with Gasteiger partial charge in [-0.2, -0.15) is 13.1 Å². The first-order valence-electron chi connectivity index (χ1n) is 7.93. The molecule has 1 aliphatic heterocycles. The third-order valence-electron chi connectivity index (χ3n) is 4.04. The van der Waals surface area contributed by atoms with Gasteiger partial charge in [0.2, 0.25) is 0 Å². The lowest BCUT2D eigenvalue weighted by molar-refractivity contribution is 0.407. The molecule has 2 aromatic rings. The largest absolute Gasteiger partial charge is 0.506 e. The van der Waals surface area contributed by atoms with Crippen molar-refractivity contribution in [2.45, 2.75) is 13.1 Å². The highest BCUT2D eigenvalue weighted by atomic mass is 32.2. The summed E-state index contributed by atoms with van der Waals surface area (Å²) in [5, 5.41) is 13.3. The van der Waals surface area contributed by atoms with Crippen LogP contribution >= 0.6 is 0 Å². The van der Waals surface area contributed by atoms with E-state index < -0.39 is 10.2 Å². The highest BCUT2D eigenvalue weighted by molar-refractivity contribution is 7.91. The second kappa shape index (κ2) is 7.30. The molecule has 0 unspecified atom stereocenters. The molecule has 3 N–H and O–H groups in total. The Kier molecular flexibility index (Phi) is 5.12. The average Bonchev–Trinajstić information content (AvgIpc) is 2.96. The Hall–Kier alpha value is -2.29. The minimum absolute atomic E-state index is 0.0549. The van der Waals surface area contributed by atoms with E-state index in [9.17, 15) is 13.5 Å². The second-order valence-corrected chi connectivity index (χ2v) is 7.39. The van der Waals surface area contributed by atoms with E-state index in [0.29, 0.717) is 31.9 Å². The van der Waals surface area contributed by atoms with Gasteiger partial charge in [-0.15, -0.1) is 0 Å². The predicted octanol–water partition coefficient (Wildman–Crippen LogP) is 1.34. The highest BCUT2D eigenvalue weighted by Crippen LogP contribution is 2.31. The number of benzene rings is 2. The molecule has 2 aromatic carbocycles. The average molecular weight is 363 g/mol. The van der Waals surface area contributed by atoms with Crippen LogP contribution in [0.4, 0.5) is 5.69 Å². The number of aromatic hydroxyl groups is 1. The Balaban J connectivity index is 1.71. The molecule has 0 atom stereocenters. The van der Waals surface area contributed by atoms with Gasteiger partial charge in [-0.3, -0.25) is 4.31 Å². The molecular formula is C17H21N3O4S. The van der Waals surface area contributed by atoms with E-state index in [4.69, 9.17) is 4.74 Å². The van der Waals surface area contributed by atoms with Crippen molar-refractivity contribution in [3.8, 4) is 11.5 Å². The van der Waals surface area contributed by atoms with E-state index in [-0.39, 0.29) is 5.75 Å². The Morgan fingerprint density at radius 2 is 2.04 bits per heavy atom. The quantitative estimate of drug-likeness (QED) is 0.721. The predicted molar refractivity (Wildman–Crippen MR) is 95.9 cm³/mol. The van der Waals surface area contributed by atoms with Crippen molar-refractivity contribution in [3.05, 3.63) is 53.6 Å². The molecule has 8 heteroatoms. The lowest BCUT2D eigenvalue weighted by Gasteiger charge is -2.18. The van der Waals surface area contributed by atoms with E-state index >= 15 is 0 Å². The minimum atomic E-state index is -3.57. The summed E-state index contributed by atoms with van der Waals surface area (Å²) >= 11 is 0. The van der Waals surface area contributed by atoms with Crippen LogP contribution in [0.5, 0.6) is 11.5 Å². The first kappa shape index (κ1) is 17.5. The number of phenols is 1. The van der Waals surface area contributed by atoms with Gasteiger partial charge in [0, 0.05) is 31.7 Å². The number of methoxy groups -OCH3 is 1. The van der Waals surface area contributed by atoms with Gasteiger partial charge in [-0.25, -0.2) is 0 Å². The lowest BCUT2D eigenvalue weighted by Crippen LogP contribution is -2.29. The maximum absolute atomic E-state index is 12.0. The Labute approximate surface area is 147 Å². The smallest absolute Gasteiger partial charge is 0.301 e. The number of nitrogens with zero attached hydrogens (tertiary/aromatic N) is 1. The van der Waals surface area contributed by atoms with Gasteiger partial charge < -0.3 is 15.2 Å². The minimum Gasteiger partial charge on any atom is -0.506 e. The highest BCUT2D eigenvalue weighted by Gasteiger charge is 2.29. The van der Waals surface area contributed by atoms with Crippen LogP contribution in [0.25, 0.3) is 0 Å². The molecule has 25 heavy (non-hydrogen) atoms. The normalized spacial score (nSPS) is 16.1. The van der Waals surface area contributed by atoms with Gasteiger partial charge in [-0.05, 0) is 23.8 Å². The van der Waals surface area contributed by atoms with Gasteiger partial charge >= 0.3 is 10.2 Å². The monoisotopic (exact) mass is 363 g/mol. The van der Waals surface area contributed by atoms with E-state index in [1.165, 1.54) is 10.4 Å². The fraction of sp³-hybridized carbons (Fsp3) is 0.294. The molecule has 0 amide bonds. The number of hydrogen-bond acceptors (Lipinski definition) is 5. The van der Waals surface area contributed by atoms with Crippen LogP contribution in [0, 0.1) is 0 Å². The van der Waals surface area contributed by atoms with Crippen LogP contribution in [0.15, 0.2) is 42.5 Å². The van der Waals surface area contributed by atoms with Crippen LogP contribution in [0.1, 0.15) is 11.1 Å². The summed E-state index contributed by atoms with van der Waals surface area (Å²) in [6, 6.07) is 12.7. The number of ether oxygens (including phenoxy) is 1. The van der Waals surface area contributed by atoms with Gasteiger partial charge in [-0.1, -0.05) is 24.3 Å². The van der Waals surface area contributed by atoms with Crippen LogP contribution in [-0.2, 0) is 23.3 Å². The van der Waals surface area contributed by atoms with Crippen molar-refractivity contribution in [2.24, 2.45) is 0 Å². The molecule has 0 bridgehead atoms. The van der Waals surface area contributed by atoms with Crippen molar-refractivity contribution in [2.75, 3.05) is 24.5 Å². The van der Waals surface area contributed by atoms with Crippen molar-refractivity contribution < 1.29 is 18.3 Å². The SMILES string of the molecule is COc1ccccc1CNCc1ccc(O)c(N2CCNS2(=O)=O)c1. The summed E-state index contributed by atoms with van der Waals surface area (Å²) in [5.74, 6) is 0.761. The zero-order valence-electron chi connectivity index (χ0n) is 13.9. The summed E-state index contributed by atoms with van der Waals surface area (Å²) < 4.78 is 32.9. The molecular weight excluding hydrogens is 342 g/mol. The third-order valence-corrected chi connectivity index (χ3v) is 5.56. The number of hydrogen-bond donors (Lipinski definition) is 3. The van der Waals surface area contributed by atoms with E-state index in [2.05, 4.69) is 10.0 Å². The topological polar surface area (TPSA) is 90.9 Å². The maximum Gasteiger partial charge on any atom is 0.301 e. The summed E-state index contributed by atoms with van der Waals surface area (Å²) in [4.78, 5) is 0. The fourth-order valence-electron chi connectivity index (χ4n) is 2.79. The van der Waals surface area contributed by atoms with E-state index in [0.717, 1.165) is 16.9 Å². The molecule has 3 rings (SSSR count). The third kappa shape index (κ3) is 3.87. The Bertz CT molecular complexity index is 855. The number of phenolic OH excluding ortho intramolecular Hbond substituents is 1. The van der Waals surface area contributed by atoms with Gasteiger partial charge in [0.15, 0.2) is 0 Å². The van der Waals surface area contributed by atoms with E-state index in [1.807, 2.05) is 24.3 Å². The lowest BCUT2D eigenvalue weighted by atomic mass is 10.1. The maximum atomic E-state index is 12.0. The van der Waals surface area contributed by atoms with Crippen molar-refractivity contribution >= 4 is 15.9 Å². The summed E-state index contributed by atoms with van der Waals surface area (Å²) in [6.07, 6.45) is 0. The summed E-state index contributed by atoms with van der Waals surface area (Å²) in [6.45, 7) is 1.78. The fourth-order valence-corrected chi connectivity index (χ4v) is 4.04. The molecule has 134 valence electrons. The molecule has 0 saturated carbocycles. The first-order chi connectivity index (χ1) is 12.0. The number of anilines is 1. The number of para-hydroxylation sites is 1. The van der Waals surface area contributed by atoms with Crippen molar-refractivity contribution in [1.29, 1.82) is 0 Å². The van der Waals surface area contributed by atoms with Crippen LogP contribution in [-0.4, -0.2) is 33.7 Å². The number of nitrogens with one attached hydrogen (secondary N) is 2. The van der Waals surface area contributed by atoms with Gasteiger partial charge in [0.25, 0.3) is 0 Å². The summed E-state index contributed by atoms with van der Waals surface area (Å²) in [7, 11) is -1.93. The summed E-state index contributed by atoms with van der Waals surface area (Å²) in [5.41, 5.74) is 2.21. The Morgan fingerprint density at radius 1 is 1.24 bits per heavy atom. The zero-order chi connectivity index (χ0) is 17.9. The molecule has 1 fully saturated rings. The Morgan fingerprint density at radius 3 is 2.76 bits per heavy atom. The van der Waals surface area contributed by atoms with Crippen LogP contribution < -0.4 is 19.1 Å². The van der Waals surface area contributed by atoms with Crippen LogP contribution in [0.3, 0.4) is 0 Å². The van der Waals surface area contributed by atoms with Gasteiger partial charge in [0.1, 0.15) is 11.5 Å². The molecule has 0 spiro atoms. The van der Waals surface area contributed by atoms with Gasteiger partial charge in [0.05, 0.1) is 12.8 Å². The zero-order valence-corrected chi connectivity index (χ0v) is 14.7. The second-order valence-electron chi connectivity index (χ2n) is 5.71. The van der Waals surface area contributed by atoms with Crippen LogP contribution in [0.2, 0.25) is 0 Å². The first-order valence-corrected chi connectivity index (χ1v) is 9.37.